The average Bonchev–Trinajstić information content (AvgIpc) is 3.19. The van der Waals surface area contributed by atoms with Crippen molar-refractivity contribution in [2.45, 2.75) is 76.3 Å². The number of carbonyl (C=O) groups excluding carboxylic acids is 2. The minimum absolute atomic E-state index is 0.0652. The van der Waals surface area contributed by atoms with Crippen molar-refractivity contribution in [3.8, 4) is 0 Å². The minimum Gasteiger partial charge on any atom is -0.342 e. The molecule has 2 unspecified atom stereocenters. The van der Waals surface area contributed by atoms with Gasteiger partial charge in [0.15, 0.2) is 0 Å². The Bertz CT molecular complexity index is 401. The lowest BCUT2D eigenvalue weighted by atomic mass is 9.80. The van der Waals surface area contributed by atoms with Gasteiger partial charge in [-0.15, -0.1) is 0 Å². The second kappa shape index (κ2) is 5.38. The van der Waals surface area contributed by atoms with Crippen molar-refractivity contribution in [3.05, 3.63) is 0 Å². The molecule has 1 N–H and O–H groups in total. The molecule has 4 heteroatoms. The maximum absolute atomic E-state index is 13.0. The second-order valence-electron chi connectivity index (χ2n) is 6.79. The zero-order chi connectivity index (χ0) is 14.2. The molecular weight excluding hydrogens is 252 g/mol. The van der Waals surface area contributed by atoms with Crippen molar-refractivity contribution in [1.29, 1.82) is 0 Å². The molecule has 0 aromatic heterocycles. The normalized spacial score (nSPS) is 33.0. The summed E-state index contributed by atoms with van der Waals surface area (Å²) in [4.78, 5) is 27.1. The third-order valence-electron chi connectivity index (χ3n) is 5.28. The van der Waals surface area contributed by atoms with Crippen molar-refractivity contribution in [1.82, 2.24) is 10.2 Å². The summed E-state index contributed by atoms with van der Waals surface area (Å²) in [5.41, 5.74) is -0.564. The first-order chi connectivity index (χ1) is 9.66. The lowest BCUT2D eigenvalue weighted by Gasteiger charge is -2.38. The van der Waals surface area contributed by atoms with E-state index in [0.717, 1.165) is 32.1 Å². The van der Waals surface area contributed by atoms with Gasteiger partial charge < -0.3 is 10.2 Å². The SMILES string of the molecule is CCCC1CC1N1CCC(=O)NC2(CCCCC2)C1=O. The predicted molar refractivity (Wildman–Crippen MR) is 77.1 cm³/mol. The van der Waals surface area contributed by atoms with Crippen LogP contribution in [0.15, 0.2) is 0 Å². The highest BCUT2D eigenvalue weighted by molar-refractivity contribution is 5.94. The standard InChI is InChI=1S/C16H26N2O2/c1-2-6-12-11-13(12)18-10-7-14(19)17-16(15(18)20)8-4-3-5-9-16/h12-13H,2-11H2,1H3,(H,17,19). The lowest BCUT2D eigenvalue weighted by Crippen LogP contribution is -2.58. The summed E-state index contributed by atoms with van der Waals surface area (Å²) in [5, 5.41) is 3.07. The molecule has 0 radical (unpaired) electrons. The Morgan fingerprint density at radius 2 is 2.00 bits per heavy atom. The van der Waals surface area contributed by atoms with Gasteiger partial charge in [0, 0.05) is 19.0 Å². The van der Waals surface area contributed by atoms with E-state index in [1.807, 2.05) is 4.90 Å². The second-order valence-corrected chi connectivity index (χ2v) is 6.79. The van der Waals surface area contributed by atoms with Gasteiger partial charge in [0.25, 0.3) is 0 Å². The van der Waals surface area contributed by atoms with Crippen LogP contribution in [0.3, 0.4) is 0 Å². The molecule has 0 aromatic rings. The first-order valence-corrected chi connectivity index (χ1v) is 8.28. The highest BCUT2D eigenvalue weighted by Gasteiger charge is 2.51. The number of hydrogen-bond donors (Lipinski definition) is 1. The Balaban J connectivity index is 1.77. The van der Waals surface area contributed by atoms with Crippen LogP contribution in [-0.4, -0.2) is 34.8 Å². The summed E-state index contributed by atoms with van der Waals surface area (Å²) in [5.74, 6) is 0.958. The first kappa shape index (κ1) is 13.9. The van der Waals surface area contributed by atoms with Crippen LogP contribution in [0, 0.1) is 5.92 Å². The van der Waals surface area contributed by atoms with Crippen LogP contribution in [-0.2, 0) is 9.59 Å². The average molecular weight is 278 g/mol. The minimum atomic E-state index is -0.564. The van der Waals surface area contributed by atoms with Crippen molar-refractivity contribution < 1.29 is 9.59 Å². The summed E-state index contributed by atoms with van der Waals surface area (Å²) < 4.78 is 0. The van der Waals surface area contributed by atoms with Gasteiger partial charge in [-0.3, -0.25) is 9.59 Å². The number of nitrogens with zero attached hydrogens (tertiary/aromatic N) is 1. The van der Waals surface area contributed by atoms with E-state index in [-0.39, 0.29) is 11.8 Å². The topological polar surface area (TPSA) is 49.4 Å². The van der Waals surface area contributed by atoms with E-state index < -0.39 is 5.54 Å². The number of rotatable bonds is 3. The third kappa shape index (κ3) is 2.45. The zero-order valence-corrected chi connectivity index (χ0v) is 12.5. The van der Waals surface area contributed by atoms with E-state index in [4.69, 9.17) is 0 Å². The van der Waals surface area contributed by atoms with E-state index in [9.17, 15) is 9.59 Å². The predicted octanol–water partition coefficient (Wildman–Crippen LogP) is 2.23. The highest BCUT2D eigenvalue weighted by atomic mass is 16.2. The van der Waals surface area contributed by atoms with Crippen LogP contribution in [0.1, 0.15) is 64.7 Å². The Labute approximate surface area is 121 Å². The van der Waals surface area contributed by atoms with Gasteiger partial charge in [-0.25, -0.2) is 0 Å². The quantitative estimate of drug-likeness (QED) is 0.860. The van der Waals surface area contributed by atoms with Gasteiger partial charge in [0.05, 0.1) is 0 Å². The molecule has 1 aliphatic heterocycles. The molecule has 1 heterocycles. The summed E-state index contributed by atoms with van der Waals surface area (Å²) >= 11 is 0. The first-order valence-electron chi connectivity index (χ1n) is 8.28. The van der Waals surface area contributed by atoms with Crippen molar-refractivity contribution >= 4 is 11.8 Å². The third-order valence-corrected chi connectivity index (χ3v) is 5.28. The van der Waals surface area contributed by atoms with Gasteiger partial charge in [0.2, 0.25) is 11.8 Å². The molecule has 0 bridgehead atoms. The van der Waals surface area contributed by atoms with Crippen molar-refractivity contribution in [2.24, 2.45) is 5.92 Å². The molecule has 1 spiro atoms. The van der Waals surface area contributed by atoms with Crippen molar-refractivity contribution in [3.63, 3.8) is 0 Å². The summed E-state index contributed by atoms with van der Waals surface area (Å²) in [6.07, 6.45) is 8.98. The molecule has 2 amide bonds. The van der Waals surface area contributed by atoms with Gasteiger partial charge in [0.1, 0.15) is 5.54 Å². The smallest absolute Gasteiger partial charge is 0.248 e. The monoisotopic (exact) mass is 278 g/mol. The molecule has 112 valence electrons. The maximum Gasteiger partial charge on any atom is 0.248 e. The maximum atomic E-state index is 13.0. The molecule has 0 aromatic carbocycles. The van der Waals surface area contributed by atoms with Crippen LogP contribution in [0.4, 0.5) is 0 Å². The van der Waals surface area contributed by atoms with E-state index in [1.54, 1.807) is 0 Å². The molecule has 2 atom stereocenters. The van der Waals surface area contributed by atoms with Crippen LogP contribution in [0.5, 0.6) is 0 Å². The number of nitrogens with one attached hydrogen (secondary N) is 1. The Kier molecular flexibility index (Phi) is 3.74. The highest BCUT2D eigenvalue weighted by Crippen LogP contribution is 2.42. The fraction of sp³-hybridized carbons (Fsp3) is 0.875. The largest absolute Gasteiger partial charge is 0.342 e. The Morgan fingerprint density at radius 1 is 1.25 bits per heavy atom. The molecular formula is C16H26N2O2. The Hall–Kier alpha value is -1.06. The fourth-order valence-electron chi connectivity index (χ4n) is 4.09. The zero-order valence-electron chi connectivity index (χ0n) is 12.5. The van der Waals surface area contributed by atoms with Crippen LogP contribution >= 0.6 is 0 Å². The van der Waals surface area contributed by atoms with E-state index in [2.05, 4.69) is 12.2 Å². The molecule has 3 aliphatic rings. The molecule has 1 saturated heterocycles. The van der Waals surface area contributed by atoms with Crippen molar-refractivity contribution in [2.75, 3.05) is 6.54 Å². The Morgan fingerprint density at radius 3 is 2.70 bits per heavy atom. The van der Waals surface area contributed by atoms with E-state index >= 15 is 0 Å². The summed E-state index contributed by atoms with van der Waals surface area (Å²) in [7, 11) is 0. The van der Waals surface area contributed by atoms with Gasteiger partial charge in [-0.1, -0.05) is 32.6 Å². The molecule has 20 heavy (non-hydrogen) atoms. The molecule has 3 rings (SSSR count). The number of carbonyl (C=O) groups is 2. The van der Waals surface area contributed by atoms with Crippen LogP contribution < -0.4 is 5.32 Å². The van der Waals surface area contributed by atoms with E-state index in [1.165, 1.54) is 19.3 Å². The van der Waals surface area contributed by atoms with Gasteiger partial charge in [-0.05, 0) is 31.6 Å². The number of hydrogen-bond acceptors (Lipinski definition) is 2. The number of amides is 2. The van der Waals surface area contributed by atoms with Gasteiger partial charge >= 0.3 is 0 Å². The molecule has 2 aliphatic carbocycles. The van der Waals surface area contributed by atoms with Gasteiger partial charge in [-0.2, -0.15) is 0 Å². The molecule has 3 fully saturated rings. The summed E-state index contributed by atoms with van der Waals surface area (Å²) in [6.45, 7) is 2.82. The van der Waals surface area contributed by atoms with Crippen LogP contribution in [0.2, 0.25) is 0 Å². The molecule has 4 nitrogen and oxygen atoms in total. The lowest BCUT2D eigenvalue weighted by molar-refractivity contribution is -0.141. The van der Waals surface area contributed by atoms with Crippen LogP contribution in [0.25, 0.3) is 0 Å². The summed E-state index contributed by atoms with van der Waals surface area (Å²) in [6, 6.07) is 0.411. The van der Waals surface area contributed by atoms with E-state index in [0.29, 0.717) is 24.9 Å². The molecule has 2 saturated carbocycles. The fourth-order valence-corrected chi connectivity index (χ4v) is 4.09.